The Morgan fingerprint density at radius 2 is 1.65 bits per heavy atom. The van der Waals surface area contributed by atoms with Crippen molar-refractivity contribution >= 4 is 11.8 Å². The number of nitrogens with zero attached hydrogens (tertiary/aromatic N) is 1. The quantitative estimate of drug-likeness (QED) is 0.901. The third kappa shape index (κ3) is 4.72. The zero-order chi connectivity index (χ0) is 18.4. The van der Waals surface area contributed by atoms with Crippen LogP contribution in [-0.2, 0) is 22.6 Å². The number of carbonyl (C=O) groups excluding carboxylic acids is 2. The molecule has 0 aromatic heterocycles. The maximum absolute atomic E-state index is 12.5. The first-order chi connectivity index (χ1) is 12.6. The van der Waals surface area contributed by atoms with Gasteiger partial charge in [-0.25, -0.2) is 0 Å². The average Bonchev–Trinajstić information content (AvgIpc) is 2.69. The van der Waals surface area contributed by atoms with Crippen LogP contribution in [0, 0.1) is 12.8 Å². The molecule has 3 rings (SSSR count). The molecule has 0 atom stereocenters. The Balaban J connectivity index is 1.45. The molecule has 1 aliphatic heterocycles. The Hall–Kier alpha value is -2.62. The highest BCUT2D eigenvalue weighted by Gasteiger charge is 2.27. The molecule has 0 saturated carbocycles. The second-order valence-electron chi connectivity index (χ2n) is 6.96. The van der Waals surface area contributed by atoms with Gasteiger partial charge in [-0.3, -0.25) is 9.59 Å². The first-order valence-corrected chi connectivity index (χ1v) is 9.27. The lowest BCUT2D eigenvalue weighted by Crippen LogP contribution is -2.43. The lowest BCUT2D eigenvalue weighted by atomic mass is 9.95. The molecule has 2 aromatic carbocycles. The van der Waals surface area contributed by atoms with E-state index in [1.807, 2.05) is 66.4 Å². The summed E-state index contributed by atoms with van der Waals surface area (Å²) in [6.07, 6.45) is 1.91. The average molecular weight is 350 g/mol. The fourth-order valence-electron chi connectivity index (χ4n) is 3.40. The van der Waals surface area contributed by atoms with Crippen molar-refractivity contribution in [2.45, 2.75) is 32.7 Å². The summed E-state index contributed by atoms with van der Waals surface area (Å²) in [5, 5.41) is 3.02. The molecule has 1 saturated heterocycles. The van der Waals surface area contributed by atoms with Crippen LogP contribution in [-0.4, -0.2) is 29.8 Å². The van der Waals surface area contributed by atoms with Crippen LogP contribution in [0.2, 0.25) is 0 Å². The van der Waals surface area contributed by atoms with Crippen LogP contribution in [0.25, 0.3) is 0 Å². The molecular weight excluding hydrogens is 324 g/mol. The second-order valence-corrected chi connectivity index (χ2v) is 6.96. The predicted octanol–water partition coefficient (Wildman–Crippen LogP) is 3.09. The third-order valence-corrected chi connectivity index (χ3v) is 5.13. The molecule has 1 heterocycles. The minimum Gasteiger partial charge on any atom is -0.352 e. The smallest absolute Gasteiger partial charge is 0.226 e. The van der Waals surface area contributed by atoms with Crippen molar-refractivity contribution < 1.29 is 9.59 Å². The molecule has 26 heavy (non-hydrogen) atoms. The van der Waals surface area contributed by atoms with Crippen LogP contribution in [0.5, 0.6) is 0 Å². The minimum absolute atomic E-state index is 0.00113. The Bertz CT molecular complexity index is 750. The monoisotopic (exact) mass is 350 g/mol. The van der Waals surface area contributed by atoms with Crippen LogP contribution < -0.4 is 5.32 Å². The van der Waals surface area contributed by atoms with Crippen LogP contribution in [0.1, 0.15) is 29.5 Å². The normalized spacial score (nSPS) is 14.9. The van der Waals surface area contributed by atoms with Crippen molar-refractivity contribution in [3.05, 3.63) is 71.3 Å². The number of likely N-dealkylation sites (tertiary alicyclic amines) is 1. The van der Waals surface area contributed by atoms with E-state index >= 15 is 0 Å². The highest BCUT2D eigenvalue weighted by atomic mass is 16.2. The zero-order valence-electron chi connectivity index (χ0n) is 15.3. The summed E-state index contributed by atoms with van der Waals surface area (Å²) >= 11 is 0. The van der Waals surface area contributed by atoms with Crippen molar-refractivity contribution in [3.8, 4) is 0 Å². The van der Waals surface area contributed by atoms with E-state index in [4.69, 9.17) is 0 Å². The summed E-state index contributed by atoms with van der Waals surface area (Å²) in [6, 6.07) is 17.9. The second kappa shape index (κ2) is 8.65. The van der Waals surface area contributed by atoms with Gasteiger partial charge in [-0.05, 0) is 36.5 Å². The lowest BCUT2D eigenvalue weighted by Gasteiger charge is -2.31. The number of hydrogen-bond donors (Lipinski definition) is 1. The van der Waals surface area contributed by atoms with Gasteiger partial charge in [0, 0.05) is 25.6 Å². The molecule has 136 valence electrons. The van der Waals surface area contributed by atoms with Gasteiger partial charge >= 0.3 is 0 Å². The van der Waals surface area contributed by atoms with Gasteiger partial charge in [0.25, 0.3) is 0 Å². The van der Waals surface area contributed by atoms with Crippen LogP contribution >= 0.6 is 0 Å². The number of piperidine rings is 1. The van der Waals surface area contributed by atoms with Crippen molar-refractivity contribution in [3.63, 3.8) is 0 Å². The van der Waals surface area contributed by atoms with E-state index in [0.29, 0.717) is 26.1 Å². The molecule has 2 amide bonds. The topological polar surface area (TPSA) is 49.4 Å². The van der Waals surface area contributed by atoms with Crippen molar-refractivity contribution in [2.24, 2.45) is 5.92 Å². The molecule has 0 radical (unpaired) electrons. The van der Waals surface area contributed by atoms with Gasteiger partial charge < -0.3 is 10.2 Å². The Morgan fingerprint density at radius 3 is 2.35 bits per heavy atom. The van der Waals surface area contributed by atoms with Gasteiger partial charge in [0.1, 0.15) is 0 Å². The molecule has 1 N–H and O–H groups in total. The third-order valence-electron chi connectivity index (χ3n) is 5.13. The van der Waals surface area contributed by atoms with Crippen LogP contribution in [0.15, 0.2) is 54.6 Å². The van der Waals surface area contributed by atoms with Gasteiger partial charge in [-0.1, -0.05) is 54.6 Å². The predicted molar refractivity (Wildman–Crippen MR) is 102 cm³/mol. The first-order valence-electron chi connectivity index (χ1n) is 9.27. The molecule has 4 heteroatoms. The fraction of sp³-hybridized carbons (Fsp3) is 0.364. The fourth-order valence-corrected chi connectivity index (χ4v) is 3.40. The summed E-state index contributed by atoms with van der Waals surface area (Å²) in [6.45, 7) is 3.92. The molecule has 0 spiro atoms. The summed E-state index contributed by atoms with van der Waals surface area (Å²) in [7, 11) is 0. The van der Waals surface area contributed by atoms with E-state index in [2.05, 4.69) is 5.32 Å². The highest BCUT2D eigenvalue weighted by molar-refractivity contribution is 5.81. The van der Waals surface area contributed by atoms with E-state index in [0.717, 1.165) is 29.5 Å². The van der Waals surface area contributed by atoms with E-state index in [-0.39, 0.29) is 17.7 Å². The molecule has 4 nitrogen and oxygen atoms in total. The molecule has 1 aliphatic rings. The van der Waals surface area contributed by atoms with E-state index in [1.54, 1.807) is 0 Å². The van der Waals surface area contributed by atoms with Crippen molar-refractivity contribution in [1.82, 2.24) is 10.2 Å². The maximum Gasteiger partial charge on any atom is 0.226 e. The molecule has 2 aromatic rings. The zero-order valence-corrected chi connectivity index (χ0v) is 15.3. The summed E-state index contributed by atoms with van der Waals surface area (Å²) in [5.41, 5.74) is 3.34. The summed E-state index contributed by atoms with van der Waals surface area (Å²) < 4.78 is 0. The Kier molecular flexibility index (Phi) is 6.05. The first kappa shape index (κ1) is 18.2. The Labute approximate surface area is 155 Å². The number of nitrogens with one attached hydrogen (secondary N) is 1. The maximum atomic E-state index is 12.5. The number of amides is 2. The van der Waals surface area contributed by atoms with Gasteiger partial charge in [0.2, 0.25) is 11.8 Å². The molecule has 0 unspecified atom stereocenters. The van der Waals surface area contributed by atoms with Crippen LogP contribution in [0.3, 0.4) is 0 Å². The molecular formula is C22H26N2O2. The number of rotatable bonds is 5. The van der Waals surface area contributed by atoms with Crippen molar-refractivity contribution in [1.29, 1.82) is 0 Å². The SMILES string of the molecule is Cc1ccccc1CC(=O)N1CCC(C(=O)NCc2ccccc2)CC1. The number of carbonyl (C=O) groups is 2. The van der Waals surface area contributed by atoms with E-state index in [9.17, 15) is 9.59 Å². The molecule has 0 aliphatic carbocycles. The van der Waals surface area contributed by atoms with Gasteiger partial charge in [-0.15, -0.1) is 0 Å². The Morgan fingerprint density at radius 1 is 1.00 bits per heavy atom. The standard InChI is InChI=1S/C22H26N2O2/c1-17-7-5-6-10-20(17)15-21(25)24-13-11-19(12-14-24)22(26)23-16-18-8-3-2-4-9-18/h2-10,19H,11-16H2,1H3,(H,23,26). The van der Waals surface area contributed by atoms with E-state index < -0.39 is 0 Å². The molecule has 0 bridgehead atoms. The summed E-state index contributed by atoms with van der Waals surface area (Å²) in [4.78, 5) is 26.8. The van der Waals surface area contributed by atoms with Gasteiger partial charge in [0.05, 0.1) is 6.42 Å². The minimum atomic E-state index is 0.00113. The summed E-state index contributed by atoms with van der Waals surface area (Å²) in [5.74, 6) is 0.253. The number of aryl methyl sites for hydroxylation is 1. The largest absolute Gasteiger partial charge is 0.352 e. The highest BCUT2D eigenvalue weighted by Crippen LogP contribution is 2.19. The van der Waals surface area contributed by atoms with E-state index in [1.165, 1.54) is 0 Å². The van der Waals surface area contributed by atoms with Gasteiger partial charge in [0.15, 0.2) is 0 Å². The van der Waals surface area contributed by atoms with Crippen LogP contribution in [0.4, 0.5) is 0 Å². The number of hydrogen-bond acceptors (Lipinski definition) is 2. The number of benzene rings is 2. The lowest BCUT2D eigenvalue weighted by molar-refractivity contribution is -0.135. The van der Waals surface area contributed by atoms with Gasteiger partial charge in [-0.2, -0.15) is 0 Å². The molecule has 1 fully saturated rings. The van der Waals surface area contributed by atoms with Crippen molar-refractivity contribution in [2.75, 3.05) is 13.1 Å².